The molecule has 1 aliphatic heterocycles. The second-order valence-corrected chi connectivity index (χ2v) is 11.4. The Bertz CT molecular complexity index is 865. The highest BCUT2D eigenvalue weighted by Crippen LogP contribution is 2.79. The van der Waals surface area contributed by atoms with Crippen molar-refractivity contribution < 1.29 is 14.3 Å². The third-order valence-corrected chi connectivity index (χ3v) is 10.7. The van der Waals surface area contributed by atoms with Gasteiger partial charge in [0.25, 0.3) is 0 Å². The van der Waals surface area contributed by atoms with Crippen LogP contribution in [0.3, 0.4) is 0 Å². The minimum Gasteiger partial charge on any atom is -0.451 e. The van der Waals surface area contributed by atoms with Gasteiger partial charge in [-0.3, -0.25) is 4.79 Å². The predicted octanol–water partition coefficient (Wildman–Crippen LogP) is 4.86. The molecule has 0 aromatic rings. The van der Waals surface area contributed by atoms with E-state index in [2.05, 4.69) is 19.1 Å². The van der Waals surface area contributed by atoms with Gasteiger partial charge in [-0.2, -0.15) is 0 Å². The van der Waals surface area contributed by atoms with Gasteiger partial charge >= 0.3 is 5.97 Å². The van der Waals surface area contributed by atoms with Crippen molar-refractivity contribution in [1.29, 1.82) is 0 Å². The molecule has 7 rings (SSSR count). The Morgan fingerprint density at radius 1 is 1.10 bits per heavy atom. The number of rotatable bonds is 2. The number of esters is 1. The molecule has 3 nitrogen and oxygen atoms in total. The summed E-state index contributed by atoms with van der Waals surface area (Å²) in [5.74, 6) is 6.15. The van der Waals surface area contributed by atoms with Gasteiger partial charge < -0.3 is 4.74 Å². The van der Waals surface area contributed by atoms with Crippen LogP contribution >= 0.6 is 0 Å². The fourth-order valence-electron chi connectivity index (χ4n) is 9.66. The summed E-state index contributed by atoms with van der Waals surface area (Å²) in [7, 11) is 0. The van der Waals surface area contributed by atoms with Gasteiger partial charge in [-0.15, -0.1) is 0 Å². The molecule has 0 aromatic carbocycles. The second-order valence-electron chi connectivity index (χ2n) is 11.4. The minimum absolute atomic E-state index is 0.107. The molecule has 0 N–H and O–H groups in total. The average molecular weight is 393 g/mol. The van der Waals surface area contributed by atoms with Crippen molar-refractivity contribution in [1.82, 2.24) is 0 Å². The van der Waals surface area contributed by atoms with Crippen LogP contribution in [-0.4, -0.2) is 17.4 Å². The first kappa shape index (κ1) is 17.3. The Labute approximate surface area is 173 Å². The first-order valence-corrected chi connectivity index (χ1v) is 12.2. The van der Waals surface area contributed by atoms with Gasteiger partial charge in [0, 0.05) is 23.8 Å². The normalized spacial score (nSPS) is 54.4. The standard InChI is InChI=1S/C26H32O3/c1-2-25-9-7-18-17-6-5-16(27)11-15(17)12-19(14-3-4-14)23(18)24(25)20-13-21(20)26(25)10-8-22(28)29-26/h8,10-11,14,17-21,23-24H,2-7,9,12-13H2,1H3/t17-,18?,19-,20-,21+,23?,24?,25-,26-/m0/s1. The molecule has 29 heavy (non-hydrogen) atoms. The van der Waals surface area contributed by atoms with Gasteiger partial charge in [0.05, 0.1) is 0 Å². The number of ether oxygens (including phenoxy) is 1. The van der Waals surface area contributed by atoms with Gasteiger partial charge in [-0.1, -0.05) is 12.5 Å². The molecule has 5 saturated carbocycles. The van der Waals surface area contributed by atoms with E-state index in [4.69, 9.17) is 4.74 Å². The molecule has 154 valence electrons. The highest BCUT2D eigenvalue weighted by atomic mass is 16.6. The van der Waals surface area contributed by atoms with E-state index >= 15 is 0 Å². The van der Waals surface area contributed by atoms with Crippen molar-refractivity contribution in [3.05, 3.63) is 23.8 Å². The average Bonchev–Trinajstić information content (AvgIpc) is 3.64. The number of ketones is 1. The van der Waals surface area contributed by atoms with E-state index in [0.717, 1.165) is 54.8 Å². The van der Waals surface area contributed by atoms with E-state index in [1.165, 1.54) is 44.1 Å². The Balaban J connectivity index is 1.34. The van der Waals surface area contributed by atoms with Crippen LogP contribution < -0.4 is 0 Å². The number of carbonyl (C=O) groups excluding carboxylic acids is 2. The Morgan fingerprint density at radius 3 is 2.69 bits per heavy atom. The van der Waals surface area contributed by atoms with E-state index in [-0.39, 0.29) is 17.0 Å². The molecule has 0 bridgehead atoms. The number of fused-ring (bicyclic) bond motifs is 9. The zero-order valence-corrected chi connectivity index (χ0v) is 17.4. The van der Waals surface area contributed by atoms with E-state index in [1.807, 2.05) is 0 Å². The fraction of sp³-hybridized carbons (Fsp3) is 0.769. The van der Waals surface area contributed by atoms with E-state index in [0.29, 0.717) is 17.6 Å². The molecule has 3 unspecified atom stereocenters. The summed E-state index contributed by atoms with van der Waals surface area (Å²) < 4.78 is 6.23. The fourth-order valence-corrected chi connectivity index (χ4v) is 9.66. The predicted molar refractivity (Wildman–Crippen MR) is 109 cm³/mol. The van der Waals surface area contributed by atoms with Crippen LogP contribution in [0.25, 0.3) is 0 Å². The lowest BCUT2D eigenvalue weighted by atomic mass is 9.45. The molecule has 0 saturated heterocycles. The molecule has 0 aromatic heterocycles. The van der Waals surface area contributed by atoms with Crippen LogP contribution in [0.5, 0.6) is 0 Å². The Kier molecular flexibility index (Phi) is 3.25. The van der Waals surface area contributed by atoms with Crippen molar-refractivity contribution in [2.24, 2.45) is 52.8 Å². The third kappa shape index (κ3) is 2.01. The maximum absolute atomic E-state index is 12.2. The zero-order valence-electron chi connectivity index (χ0n) is 17.4. The van der Waals surface area contributed by atoms with Crippen LogP contribution in [0.2, 0.25) is 0 Å². The summed E-state index contributed by atoms with van der Waals surface area (Å²) >= 11 is 0. The lowest BCUT2D eigenvalue weighted by Gasteiger charge is -2.60. The highest BCUT2D eigenvalue weighted by Gasteiger charge is 2.79. The third-order valence-electron chi connectivity index (χ3n) is 10.7. The number of hydrogen-bond donors (Lipinski definition) is 0. The summed E-state index contributed by atoms with van der Waals surface area (Å²) in [5.41, 5.74) is 1.37. The van der Waals surface area contributed by atoms with Crippen molar-refractivity contribution in [3.63, 3.8) is 0 Å². The largest absolute Gasteiger partial charge is 0.451 e. The van der Waals surface area contributed by atoms with E-state index in [9.17, 15) is 9.59 Å². The van der Waals surface area contributed by atoms with Gasteiger partial charge in [-0.25, -0.2) is 4.79 Å². The van der Waals surface area contributed by atoms with Crippen LogP contribution in [0.15, 0.2) is 23.8 Å². The SMILES string of the molecule is CC[C@]12CCC3C(C1[C@H]1C[C@H]1[C@@]21C=CC(=O)O1)[C@H](C1CC1)CC1=CC(=O)CC[C@@H]13. The van der Waals surface area contributed by atoms with Crippen molar-refractivity contribution in [3.8, 4) is 0 Å². The maximum atomic E-state index is 12.2. The van der Waals surface area contributed by atoms with Gasteiger partial charge in [0.15, 0.2) is 5.78 Å². The summed E-state index contributed by atoms with van der Waals surface area (Å²) in [6.45, 7) is 2.36. The molecular weight excluding hydrogens is 360 g/mol. The lowest BCUT2D eigenvalue weighted by molar-refractivity contribution is -0.175. The van der Waals surface area contributed by atoms with E-state index in [1.54, 1.807) is 6.08 Å². The molecule has 9 atom stereocenters. The molecule has 5 fully saturated rings. The maximum Gasteiger partial charge on any atom is 0.331 e. The summed E-state index contributed by atoms with van der Waals surface area (Å²) in [4.78, 5) is 24.4. The Morgan fingerprint density at radius 2 is 1.97 bits per heavy atom. The van der Waals surface area contributed by atoms with Crippen LogP contribution in [0.4, 0.5) is 0 Å². The summed E-state index contributed by atoms with van der Waals surface area (Å²) in [6, 6.07) is 0. The molecule has 7 aliphatic rings. The highest BCUT2D eigenvalue weighted by molar-refractivity contribution is 5.91. The first-order valence-electron chi connectivity index (χ1n) is 12.2. The van der Waals surface area contributed by atoms with Crippen molar-refractivity contribution in [2.45, 2.75) is 70.3 Å². The van der Waals surface area contributed by atoms with Gasteiger partial charge in [-0.05, 0) is 105 Å². The topological polar surface area (TPSA) is 43.4 Å². The van der Waals surface area contributed by atoms with Crippen LogP contribution in [0.1, 0.15) is 64.7 Å². The minimum atomic E-state index is -0.300. The second kappa shape index (κ2) is 5.45. The first-order chi connectivity index (χ1) is 14.1. The molecule has 3 heteroatoms. The quantitative estimate of drug-likeness (QED) is 0.630. The van der Waals surface area contributed by atoms with Crippen LogP contribution in [-0.2, 0) is 14.3 Å². The number of carbonyl (C=O) groups is 2. The van der Waals surface area contributed by atoms with Gasteiger partial charge in [0.1, 0.15) is 5.60 Å². The molecular formula is C26H32O3. The summed E-state index contributed by atoms with van der Waals surface area (Å²) in [6.07, 6.45) is 16.6. The van der Waals surface area contributed by atoms with Crippen LogP contribution in [0, 0.1) is 52.8 Å². The Hall–Kier alpha value is -1.38. The molecule has 6 aliphatic carbocycles. The molecule has 1 heterocycles. The monoisotopic (exact) mass is 392 g/mol. The van der Waals surface area contributed by atoms with E-state index < -0.39 is 0 Å². The lowest BCUT2D eigenvalue weighted by Crippen LogP contribution is -2.58. The van der Waals surface area contributed by atoms with Crippen molar-refractivity contribution in [2.75, 3.05) is 0 Å². The van der Waals surface area contributed by atoms with Gasteiger partial charge in [0.2, 0.25) is 0 Å². The number of allylic oxidation sites excluding steroid dienone is 1. The van der Waals surface area contributed by atoms with Crippen molar-refractivity contribution >= 4 is 11.8 Å². The smallest absolute Gasteiger partial charge is 0.331 e. The molecule has 1 spiro atoms. The summed E-state index contributed by atoms with van der Waals surface area (Å²) in [5, 5.41) is 0. The zero-order chi connectivity index (χ0) is 19.5. The molecule has 0 amide bonds. The molecule has 0 radical (unpaired) electrons. The number of hydrogen-bond acceptors (Lipinski definition) is 3.